The molecule has 9 heavy (non-hydrogen) atoms. The predicted molar refractivity (Wildman–Crippen MR) is 38.0 cm³/mol. The van der Waals surface area contributed by atoms with Crippen LogP contribution in [0.25, 0.3) is 4.85 Å². The highest BCUT2D eigenvalue weighted by atomic mass is 14.7. The van der Waals surface area contributed by atoms with Gasteiger partial charge in [-0.3, -0.25) is 0 Å². The monoisotopic (exact) mass is 121 g/mol. The third kappa shape index (κ3) is 1.57. The molecule has 0 radical (unpaired) electrons. The van der Waals surface area contributed by atoms with Crippen LogP contribution in [0.3, 0.4) is 0 Å². The third-order valence-corrected chi connectivity index (χ3v) is 1.84. The van der Waals surface area contributed by atoms with E-state index in [1.54, 1.807) is 0 Å². The SMILES string of the molecule is [C-]#[N+]C1CCC(=C)CC1. The molecule has 0 unspecified atom stereocenters. The van der Waals surface area contributed by atoms with Gasteiger partial charge in [0.05, 0.1) is 0 Å². The molecule has 0 aromatic carbocycles. The fourth-order valence-corrected chi connectivity index (χ4v) is 1.14. The summed E-state index contributed by atoms with van der Waals surface area (Å²) in [4.78, 5) is 3.49. The van der Waals surface area contributed by atoms with Crippen LogP contribution < -0.4 is 0 Å². The van der Waals surface area contributed by atoms with Crippen LogP contribution in [-0.2, 0) is 0 Å². The van der Waals surface area contributed by atoms with Gasteiger partial charge in [0.15, 0.2) is 0 Å². The lowest BCUT2D eigenvalue weighted by Crippen LogP contribution is -2.08. The fraction of sp³-hybridized carbons (Fsp3) is 0.625. The maximum Gasteiger partial charge on any atom is 0.224 e. The molecule has 0 aromatic heterocycles. The van der Waals surface area contributed by atoms with E-state index in [0.717, 1.165) is 25.7 Å². The van der Waals surface area contributed by atoms with Crippen molar-refractivity contribution in [3.05, 3.63) is 23.6 Å². The average Bonchev–Trinajstić information content (AvgIpc) is 1.90. The summed E-state index contributed by atoms with van der Waals surface area (Å²) in [5.41, 5.74) is 1.33. The fourth-order valence-electron chi connectivity index (χ4n) is 1.14. The Morgan fingerprint density at radius 2 is 2.00 bits per heavy atom. The van der Waals surface area contributed by atoms with Crippen LogP contribution in [0, 0.1) is 6.57 Å². The lowest BCUT2D eigenvalue weighted by atomic mass is 9.93. The van der Waals surface area contributed by atoms with Crippen molar-refractivity contribution in [3.63, 3.8) is 0 Å². The highest BCUT2D eigenvalue weighted by molar-refractivity contribution is 5.02. The van der Waals surface area contributed by atoms with Crippen molar-refractivity contribution in [2.45, 2.75) is 31.7 Å². The highest BCUT2D eigenvalue weighted by Gasteiger charge is 2.17. The van der Waals surface area contributed by atoms with Crippen LogP contribution >= 0.6 is 0 Å². The van der Waals surface area contributed by atoms with Gasteiger partial charge in [0.2, 0.25) is 6.04 Å². The summed E-state index contributed by atoms with van der Waals surface area (Å²) in [5, 5.41) is 0. The van der Waals surface area contributed by atoms with Crippen molar-refractivity contribution >= 4 is 0 Å². The number of hydrogen-bond acceptors (Lipinski definition) is 0. The zero-order valence-corrected chi connectivity index (χ0v) is 5.56. The van der Waals surface area contributed by atoms with E-state index in [4.69, 9.17) is 6.57 Å². The van der Waals surface area contributed by atoms with E-state index in [0.29, 0.717) is 6.04 Å². The molecule has 0 N–H and O–H groups in total. The Bertz CT molecular complexity index is 142. The zero-order valence-electron chi connectivity index (χ0n) is 5.56. The lowest BCUT2D eigenvalue weighted by molar-refractivity contribution is 0.566. The minimum Gasteiger partial charge on any atom is -0.314 e. The summed E-state index contributed by atoms with van der Waals surface area (Å²) in [6.45, 7) is 10.6. The molecular weight excluding hydrogens is 110 g/mol. The zero-order chi connectivity index (χ0) is 6.69. The summed E-state index contributed by atoms with van der Waals surface area (Å²) in [6.07, 6.45) is 4.24. The first-order valence-electron chi connectivity index (χ1n) is 3.36. The first-order chi connectivity index (χ1) is 4.33. The van der Waals surface area contributed by atoms with Crippen LogP contribution in [0.4, 0.5) is 0 Å². The van der Waals surface area contributed by atoms with Crippen LogP contribution in [0.15, 0.2) is 12.2 Å². The molecule has 0 heterocycles. The first kappa shape index (κ1) is 6.35. The van der Waals surface area contributed by atoms with E-state index < -0.39 is 0 Å². The number of allylic oxidation sites excluding steroid dienone is 1. The Balaban J connectivity index is 2.37. The number of rotatable bonds is 0. The smallest absolute Gasteiger partial charge is 0.224 e. The summed E-state index contributed by atoms with van der Waals surface area (Å²) in [6, 6.07) is 0.301. The average molecular weight is 121 g/mol. The molecule has 0 spiro atoms. The van der Waals surface area contributed by atoms with Crippen LogP contribution in [0.2, 0.25) is 0 Å². The summed E-state index contributed by atoms with van der Waals surface area (Å²) >= 11 is 0. The summed E-state index contributed by atoms with van der Waals surface area (Å²) in [5.74, 6) is 0. The normalized spacial score (nSPS) is 21.4. The van der Waals surface area contributed by atoms with Crippen molar-refractivity contribution in [3.8, 4) is 0 Å². The Morgan fingerprint density at radius 3 is 2.44 bits per heavy atom. The summed E-state index contributed by atoms with van der Waals surface area (Å²) in [7, 11) is 0. The van der Waals surface area contributed by atoms with Crippen LogP contribution in [0.1, 0.15) is 25.7 Å². The largest absolute Gasteiger partial charge is 0.314 e. The molecule has 0 atom stereocenters. The number of hydrogen-bond donors (Lipinski definition) is 0. The molecule has 1 saturated carbocycles. The van der Waals surface area contributed by atoms with Gasteiger partial charge >= 0.3 is 0 Å². The molecule has 1 rings (SSSR count). The van der Waals surface area contributed by atoms with E-state index in [9.17, 15) is 0 Å². The molecular formula is C8H11N. The molecule has 0 saturated heterocycles. The standard InChI is InChI=1S/C8H11N/c1-7-3-5-8(9-2)6-4-7/h8H,1,3-6H2. The van der Waals surface area contributed by atoms with Crippen molar-refractivity contribution in [1.29, 1.82) is 0 Å². The van der Waals surface area contributed by atoms with Crippen molar-refractivity contribution in [2.75, 3.05) is 0 Å². The van der Waals surface area contributed by atoms with Gasteiger partial charge in [-0.05, 0) is 12.8 Å². The van der Waals surface area contributed by atoms with Crippen molar-refractivity contribution in [1.82, 2.24) is 0 Å². The molecule has 48 valence electrons. The molecule has 1 heteroatoms. The molecule has 0 aliphatic heterocycles. The lowest BCUT2D eigenvalue weighted by Gasteiger charge is -2.13. The Morgan fingerprint density at radius 1 is 1.44 bits per heavy atom. The Hall–Kier alpha value is -0.770. The Kier molecular flexibility index (Phi) is 1.89. The van der Waals surface area contributed by atoms with Crippen LogP contribution in [0.5, 0.6) is 0 Å². The molecule has 1 fully saturated rings. The molecule has 0 bridgehead atoms. The molecule has 0 amide bonds. The maximum absolute atomic E-state index is 6.76. The van der Waals surface area contributed by atoms with Gasteiger partial charge in [-0.25, -0.2) is 6.57 Å². The van der Waals surface area contributed by atoms with Gasteiger partial charge in [-0.1, -0.05) is 12.2 Å². The topological polar surface area (TPSA) is 4.36 Å². The van der Waals surface area contributed by atoms with Crippen molar-refractivity contribution < 1.29 is 0 Å². The van der Waals surface area contributed by atoms with E-state index in [1.165, 1.54) is 5.57 Å². The van der Waals surface area contributed by atoms with Gasteiger partial charge in [-0.2, -0.15) is 0 Å². The maximum atomic E-state index is 6.76. The van der Waals surface area contributed by atoms with Gasteiger partial charge in [0.1, 0.15) is 0 Å². The first-order valence-corrected chi connectivity index (χ1v) is 3.36. The van der Waals surface area contributed by atoms with Gasteiger partial charge in [0, 0.05) is 12.8 Å². The van der Waals surface area contributed by atoms with Crippen LogP contribution in [-0.4, -0.2) is 6.04 Å². The van der Waals surface area contributed by atoms with E-state index in [1.807, 2.05) is 0 Å². The van der Waals surface area contributed by atoms with Crippen molar-refractivity contribution in [2.24, 2.45) is 0 Å². The second-order valence-electron chi connectivity index (χ2n) is 2.61. The third-order valence-electron chi connectivity index (χ3n) is 1.84. The van der Waals surface area contributed by atoms with Gasteiger partial charge < -0.3 is 4.85 Å². The van der Waals surface area contributed by atoms with E-state index in [2.05, 4.69) is 11.4 Å². The van der Waals surface area contributed by atoms with E-state index in [-0.39, 0.29) is 0 Å². The highest BCUT2D eigenvalue weighted by Crippen LogP contribution is 2.23. The molecule has 1 aliphatic rings. The van der Waals surface area contributed by atoms with E-state index >= 15 is 0 Å². The second-order valence-corrected chi connectivity index (χ2v) is 2.61. The summed E-state index contributed by atoms with van der Waals surface area (Å²) < 4.78 is 0. The quantitative estimate of drug-likeness (QED) is 0.342. The number of nitrogens with zero attached hydrogens (tertiary/aromatic N) is 1. The minimum absolute atomic E-state index is 0.301. The molecule has 1 aliphatic carbocycles. The van der Waals surface area contributed by atoms with Gasteiger partial charge in [0.25, 0.3) is 0 Å². The Labute approximate surface area is 56.2 Å². The minimum atomic E-state index is 0.301. The molecule has 0 aromatic rings. The van der Waals surface area contributed by atoms with Gasteiger partial charge in [-0.15, -0.1) is 0 Å². The predicted octanol–water partition coefficient (Wildman–Crippen LogP) is 2.40. The molecule has 1 nitrogen and oxygen atoms in total. The second kappa shape index (κ2) is 2.68.